The van der Waals surface area contributed by atoms with Gasteiger partial charge in [0.15, 0.2) is 11.5 Å². The number of carbonyl (C=O) groups is 2. The summed E-state index contributed by atoms with van der Waals surface area (Å²) in [5.41, 5.74) is 0.201. The van der Waals surface area contributed by atoms with E-state index in [1.807, 2.05) is 0 Å². The third kappa shape index (κ3) is 9.92. The molecule has 0 amide bonds. The topological polar surface area (TPSA) is 93.1 Å². The van der Waals surface area contributed by atoms with Crippen LogP contribution in [0.5, 0.6) is 11.5 Å². The van der Waals surface area contributed by atoms with E-state index >= 15 is 0 Å². The number of aromatic carboxylic acids is 2. The van der Waals surface area contributed by atoms with Crippen LogP contribution < -0.4 is 9.47 Å². The van der Waals surface area contributed by atoms with Crippen molar-refractivity contribution >= 4 is 11.9 Å². The van der Waals surface area contributed by atoms with Crippen LogP contribution in [-0.2, 0) is 0 Å². The molecule has 2 atom stereocenters. The largest absolute Gasteiger partial charge is 0.489 e. The van der Waals surface area contributed by atoms with Crippen molar-refractivity contribution in [1.29, 1.82) is 0 Å². The Balaban J connectivity index is 3.05. The number of rotatable bonds is 12. The SMILES string of the molecule is CC(CCOc1c(C(=O)O)ccc(C(=O)O)c1OCCC(C)CC(C)(C)C)CC(C)(C)C. The smallest absolute Gasteiger partial charge is 0.339 e. The fraction of sp³-hybridized carbons (Fsp3) is 0.692. The number of carboxylic acids is 2. The van der Waals surface area contributed by atoms with Crippen molar-refractivity contribution in [3.63, 3.8) is 0 Å². The first-order valence-corrected chi connectivity index (χ1v) is 11.5. The Labute approximate surface area is 193 Å². The van der Waals surface area contributed by atoms with Gasteiger partial charge in [-0.25, -0.2) is 9.59 Å². The summed E-state index contributed by atoms with van der Waals surface area (Å²) in [6.07, 6.45) is 3.48. The molecular weight excluding hydrogens is 408 g/mol. The highest BCUT2D eigenvalue weighted by Gasteiger charge is 2.25. The zero-order valence-corrected chi connectivity index (χ0v) is 21.1. The van der Waals surface area contributed by atoms with Gasteiger partial charge in [-0.3, -0.25) is 0 Å². The van der Waals surface area contributed by atoms with Gasteiger partial charge < -0.3 is 19.7 Å². The Bertz CT molecular complexity index is 705. The quantitative estimate of drug-likeness (QED) is 0.365. The van der Waals surface area contributed by atoms with E-state index in [4.69, 9.17) is 9.47 Å². The van der Waals surface area contributed by atoms with Crippen molar-refractivity contribution in [3.05, 3.63) is 23.3 Å². The standard InChI is InChI=1S/C26H42O6/c1-17(15-25(3,4)5)11-13-31-21-19(23(27)28)9-10-20(24(29)30)22(21)32-14-12-18(2)16-26(6,7)8/h9-10,17-18H,11-16H2,1-8H3,(H,27,28)(H,29,30). The van der Waals surface area contributed by atoms with Gasteiger partial charge in [0, 0.05) is 0 Å². The molecule has 0 saturated heterocycles. The van der Waals surface area contributed by atoms with Crippen molar-refractivity contribution in [2.45, 2.75) is 81.1 Å². The summed E-state index contributed by atoms with van der Waals surface area (Å²) in [4.78, 5) is 23.6. The Hall–Kier alpha value is -2.24. The fourth-order valence-electron chi connectivity index (χ4n) is 4.21. The Morgan fingerprint density at radius 3 is 1.31 bits per heavy atom. The summed E-state index contributed by atoms with van der Waals surface area (Å²) in [5, 5.41) is 19.3. The zero-order chi connectivity index (χ0) is 24.7. The highest BCUT2D eigenvalue weighted by Crippen LogP contribution is 2.37. The van der Waals surface area contributed by atoms with E-state index < -0.39 is 11.9 Å². The zero-order valence-electron chi connectivity index (χ0n) is 21.1. The average Bonchev–Trinajstić information content (AvgIpc) is 2.58. The molecule has 0 saturated carbocycles. The van der Waals surface area contributed by atoms with Gasteiger partial charge in [0.05, 0.1) is 13.2 Å². The summed E-state index contributed by atoms with van der Waals surface area (Å²) in [6.45, 7) is 17.9. The lowest BCUT2D eigenvalue weighted by Gasteiger charge is -2.24. The van der Waals surface area contributed by atoms with Crippen LogP contribution in [0, 0.1) is 22.7 Å². The van der Waals surface area contributed by atoms with Crippen molar-refractivity contribution < 1.29 is 29.3 Å². The van der Waals surface area contributed by atoms with Gasteiger partial charge in [-0.05, 0) is 60.5 Å². The van der Waals surface area contributed by atoms with Crippen molar-refractivity contribution in [1.82, 2.24) is 0 Å². The van der Waals surface area contributed by atoms with Crippen molar-refractivity contribution in [2.75, 3.05) is 13.2 Å². The minimum Gasteiger partial charge on any atom is -0.489 e. The average molecular weight is 451 g/mol. The van der Waals surface area contributed by atoms with E-state index in [0.717, 1.165) is 25.7 Å². The molecule has 1 aromatic carbocycles. The minimum absolute atomic E-state index is 0.00355. The molecule has 2 N–H and O–H groups in total. The number of hydrogen-bond donors (Lipinski definition) is 2. The maximum atomic E-state index is 11.8. The number of ether oxygens (including phenoxy) is 2. The molecular formula is C26H42O6. The molecule has 0 heterocycles. The molecule has 0 aliphatic heterocycles. The first kappa shape index (κ1) is 27.8. The molecule has 0 radical (unpaired) electrons. The van der Waals surface area contributed by atoms with E-state index in [2.05, 4.69) is 55.4 Å². The predicted octanol–water partition coefficient (Wildman–Crippen LogP) is 6.77. The molecule has 6 nitrogen and oxygen atoms in total. The number of hydrogen-bond acceptors (Lipinski definition) is 4. The second-order valence-corrected chi connectivity index (χ2v) is 11.4. The molecule has 0 fully saturated rings. The monoisotopic (exact) mass is 450 g/mol. The van der Waals surface area contributed by atoms with Crippen LogP contribution in [0.15, 0.2) is 12.1 Å². The second-order valence-electron chi connectivity index (χ2n) is 11.4. The normalized spacial score (nSPS) is 14.0. The van der Waals surface area contributed by atoms with Crippen LogP contribution in [0.4, 0.5) is 0 Å². The van der Waals surface area contributed by atoms with Gasteiger partial charge in [0.25, 0.3) is 0 Å². The van der Waals surface area contributed by atoms with Gasteiger partial charge in [-0.2, -0.15) is 0 Å². The highest BCUT2D eigenvalue weighted by molar-refractivity contribution is 5.98. The lowest BCUT2D eigenvalue weighted by atomic mass is 9.84. The molecule has 182 valence electrons. The van der Waals surface area contributed by atoms with Crippen LogP contribution in [0.1, 0.15) is 102 Å². The second kappa shape index (κ2) is 11.6. The van der Waals surface area contributed by atoms with E-state index in [1.165, 1.54) is 12.1 Å². The molecule has 0 bridgehead atoms. The van der Waals surface area contributed by atoms with Crippen molar-refractivity contribution in [3.8, 4) is 11.5 Å². The summed E-state index contributed by atoms with van der Waals surface area (Å²) in [6, 6.07) is 2.55. The van der Waals surface area contributed by atoms with Gasteiger partial charge >= 0.3 is 11.9 Å². The highest BCUT2D eigenvalue weighted by atomic mass is 16.5. The van der Waals surface area contributed by atoms with E-state index in [1.54, 1.807) is 0 Å². The third-order valence-electron chi connectivity index (χ3n) is 5.21. The van der Waals surface area contributed by atoms with Gasteiger partial charge in [-0.1, -0.05) is 55.4 Å². The maximum Gasteiger partial charge on any atom is 0.339 e. The van der Waals surface area contributed by atoms with Gasteiger partial charge in [0.1, 0.15) is 11.1 Å². The summed E-state index contributed by atoms with van der Waals surface area (Å²) in [5.74, 6) is -1.58. The third-order valence-corrected chi connectivity index (χ3v) is 5.21. The molecule has 32 heavy (non-hydrogen) atoms. The first-order chi connectivity index (χ1) is 14.6. The van der Waals surface area contributed by atoms with Gasteiger partial charge in [-0.15, -0.1) is 0 Å². The lowest BCUT2D eigenvalue weighted by molar-refractivity contribution is 0.0670. The van der Waals surface area contributed by atoms with E-state index in [-0.39, 0.29) is 46.7 Å². The first-order valence-electron chi connectivity index (χ1n) is 11.5. The summed E-state index contributed by atoms with van der Waals surface area (Å²) < 4.78 is 11.7. The molecule has 0 spiro atoms. The minimum atomic E-state index is -1.18. The predicted molar refractivity (Wildman–Crippen MR) is 127 cm³/mol. The summed E-state index contributed by atoms with van der Waals surface area (Å²) in [7, 11) is 0. The van der Waals surface area contributed by atoms with E-state index in [9.17, 15) is 19.8 Å². The maximum absolute atomic E-state index is 11.8. The van der Waals surface area contributed by atoms with Crippen LogP contribution in [0.2, 0.25) is 0 Å². The van der Waals surface area contributed by atoms with Crippen molar-refractivity contribution in [2.24, 2.45) is 22.7 Å². The fourth-order valence-corrected chi connectivity index (χ4v) is 4.21. The molecule has 1 aromatic rings. The number of carboxylic acid groups (broad SMARTS) is 2. The molecule has 0 aliphatic carbocycles. The van der Waals surface area contributed by atoms with Crippen LogP contribution in [-0.4, -0.2) is 35.4 Å². The molecule has 6 heteroatoms. The van der Waals surface area contributed by atoms with E-state index in [0.29, 0.717) is 11.8 Å². The molecule has 0 aliphatic rings. The summed E-state index contributed by atoms with van der Waals surface area (Å²) >= 11 is 0. The van der Waals surface area contributed by atoms with Crippen LogP contribution in [0.25, 0.3) is 0 Å². The van der Waals surface area contributed by atoms with Crippen LogP contribution in [0.3, 0.4) is 0 Å². The Morgan fingerprint density at radius 2 is 1.06 bits per heavy atom. The lowest BCUT2D eigenvalue weighted by Crippen LogP contribution is -2.16. The molecule has 0 aromatic heterocycles. The van der Waals surface area contributed by atoms with Crippen LogP contribution >= 0.6 is 0 Å². The Kier molecular flexibility index (Phi) is 10.1. The van der Waals surface area contributed by atoms with Gasteiger partial charge in [0.2, 0.25) is 0 Å². The number of benzene rings is 1. The molecule has 1 rings (SSSR count). The molecule has 2 unspecified atom stereocenters. The Morgan fingerprint density at radius 1 is 0.750 bits per heavy atom.